The maximum absolute atomic E-state index is 3.30. The molecule has 65 heavy (non-hydrogen) atoms. The normalized spacial score (nSPS) is 47.9. The van der Waals surface area contributed by atoms with Crippen LogP contribution in [0.2, 0.25) is 0 Å². The van der Waals surface area contributed by atoms with Crippen molar-refractivity contribution in [2.45, 2.75) is 294 Å². The predicted octanol–water partition coefficient (Wildman–Crippen LogP) is 18.4. The van der Waals surface area contributed by atoms with Crippen molar-refractivity contribution in [1.29, 1.82) is 0 Å². The number of rotatable bonds is 8. The van der Waals surface area contributed by atoms with Gasteiger partial charge >= 0.3 is 0 Å². The Balaban J connectivity index is 0.824. The van der Waals surface area contributed by atoms with Crippen molar-refractivity contribution < 1.29 is 0 Å². The van der Waals surface area contributed by atoms with Crippen LogP contribution >= 0.6 is 0 Å². The van der Waals surface area contributed by atoms with Gasteiger partial charge in [0.1, 0.15) is 0 Å². The van der Waals surface area contributed by atoms with Crippen LogP contribution in [0.1, 0.15) is 276 Å². The van der Waals surface area contributed by atoms with Crippen LogP contribution in [0.25, 0.3) is 0 Å². The van der Waals surface area contributed by atoms with E-state index in [9.17, 15) is 0 Å². The Bertz CT molecular complexity index is 1360. The molecule has 0 bridgehead atoms. The van der Waals surface area contributed by atoms with Crippen molar-refractivity contribution in [3.05, 3.63) is 0 Å². The van der Waals surface area contributed by atoms with Crippen molar-refractivity contribution >= 4 is 0 Å². The van der Waals surface area contributed by atoms with Crippen LogP contribution in [0, 0.1) is 107 Å². The topological polar surface area (TPSA) is 3.24 Å². The zero-order chi connectivity index (χ0) is 43.1. The quantitative estimate of drug-likeness (QED) is 0.235. The zero-order valence-electron chi connectivity index (χ0n) is 43.0. The van der Waals surface area contributed by atoms with Crippen molar-refractivity contribution in [2.24, 2.45) is 107 Å². The highest BCUT2D eigenvalue weighted by atomic mass is 15.2. The van der Waals surface area contributed by atoms with Gasteiger partial charge in [-0.25, -0.2) is 0 Å². The highest BCUT2D eigenvalue weighted by molar-refractivity contribution is 5.11. The van der Waals surface area contributed by atoms with Gasteiger partial charge in [0.2, 0.25) is 0 Å². The number of fused-ring (bicyclic) bond motifs is 4. The first-order valence-corrected chi connectivity index (χ1v) is 32.1. The van der Waals surface area contributed by atoms with Crippen LogP contribution < -0.4 is 0 Å². The maximum Gasteiger partial charge on any atom is 0.0101 e. The minimum Gasteiger partial charge on any atom is -0.294 e. The molecular formula is C64H107N. The molecule has 0 aromatic rings. The Hall–Kier alpha value is -0.0400. The van der Waals surface area contributed by atoms with E-state index in [1.165, 1.54) is 64.2 Å². The smallest absolute Gasteiger partial charge is 0.0101 e. The van der Waals surface area contributed by atoms with E-state index in [1.807, 2.05) is 0 Å². The van der Waals surface area contributed by atoms with Gasteiger partial charge in [0.05, 0.1) is 0 Å². The van der Waals surface area contributed by atoms with Crippen LogP contribution in [0.5, 0.6) is 0 Å². The third-order valence-corrected chi connectivity index (χ3v) is 25.6. The Kier molecular flexibility index (Phi) is 15.1. The van der Waals surface area contributed by atoms with E-state index in [2.05, 4.69) is 4.90 Å². The lowest BCUT2D eigenvalue weighted by Crippen LogP contribution is -2.60. The molecule has 0 aliphatic heterocycles. The lowest BCUT2D eigenvalue weighted by Gasteiger charge is -2.66. The third-order valence-electron chi connectivity index (χ3n) is 25.6. The first kappa shape index (κ1) is 46.1. The molecule has 0 radical (unpaired) electrons. The molecule has 12 fully saturated rings. The Morgan fingerprint density at radius 2 is 0.431 bits per heavy atom. The highest BCUT2D eigenvalue weighted by Crippen LogP contribution is 2.69. The molecule has 12 aliphatic rings. The van der Waals surface area contributed by atoms with Crippen molar-refractivity contribution in [3.8, 4) is 0 Å². The standard InChI is InChI=1S/C64H107N/c1-5-21-44(22-6-1)47-41-48(45-23-7-2-8-24-45)43-49(42-47)62-55-31-15-19-35-59(55)64(60-36-20-16-32-56(60)62)63-57-33-17-13-29-53(57)61(54-30-14-18-34-58(54)63)46-37-39-52(40-38-46)65(50-25-9-3-10-26-50)51-27-11-4-12-28-51/h44-64H,1-43H2. The zero-order valence-corrected chi connectivity index (χ0v) is 43.0. The fourth-order valence-electron chi connectivity index (χ4n) is 23.6. The molecule has 10 unspecified atom stereocenters. The minimum atomic E-state index is 0.930. The van der Waals surface area contributed by atoms with Gasteiger partial charge < -0.3 is 0 Å². The Labute approximate surface area is 403 Å². The highest BCUT2D eigenvalue weighted by Gasteiger charge is 2.62. The fraction of sp³-hybridized carbons (Fsp3) is 1.00. The summed E-state index contributed by atoms with van der Waals surface area (Å²) in [4.78, 5) is 3.30. The monoisotopic (exact) mass is 890 g/mol. The summed E-state index contributed by atoms with van der Waals surface area (Å²) in [6, 6.07) is 2.80. The average molecular weight is 891 g/mol. The van der Waals surface area contributed by atoms with Gasteiger partial charge in [-0.15, -0.1) is 0 Å². The van der Waals surface area contributed by atoms with Gasteiger partial charge in [-0.3, -0.25) is 4.90 Å². The van der Waals surface area contributed by atoms with E-state index in [1.54, 1.807) is 212 Å². The summed E-state index contributed by atoms with van der Waals surface area (Å²) in [6.07, 6.45) is 68.5. The molecule has 1 nitrogen and oxygen atoms in total. The molecule has 1 heteroatoms. The SMILES string of the molecule is C1CCC(C2CC(C3CCCCC3)CC(C3C4CCCCC4C(C4C5CCCCC5C(C5CCC(N(C6CCCCC6)C6CCCCC6)CC5)C5CCCCC54)C4CCCCC43)C2)CC1. The maximum atomic E-state index is 3.30. The summed E-state index contributed by atoms with van der Waals surface area (Å²) < 4.78 is 0. The fourth-order valence-corrected chi connectivity index (χ4v) is 23.6. The summed E-state index contributed by atoms with van der Waals surface area (Å²) in [7, 11) is 0. The van der Waals surface area contributed by atoms with Crippen LogP contribution in [0.4, 0.5) is 0 Å². The van der Waals surface area contributed by atoms with E-state index in [0.717, 1.165) is 125 Å². The van der Waals surface area contributed by atoms with Crippen LogP contribution in [0.15, 0.2) is 0 Å². The minimum absolute atomic E-state index is 0.930. The predicted molar refractivity (Wildman–Crippen MR) is 275 cm³/mol. The van der Waals surface area contributed by atoms with Crippen molar-refractivity contribution in [1.82, 2.24) is 4.90 Å². The summed E-state index contributed by atoms with van der Waals surface area (Å²) in [5.74, 6) is 19.9. The largest absolute Gasteiger partial charge is 0.294 e. The van der Waals surface area contributed by atoms with E-state index in [0.29, 0.717) is 0 Å². The molecule has 0 aromatic carbocycles. The molecule has 0 saturated heterocycles. The van der Waals surface area contributed by atoms with Gasteiger partial charge in [-0.1, -0.05) is 154 Å². The molecule has 0 heterocycles. The molecule has 12 rings (SSSR count). The second kappa shape index (κ2) is 21.4. The van der Waals surface area contributed by atoms with Gasteiger partial charge in [0, 0.05) is 18.1 Å². The summed E-state index contributed by atoms with van der Waals surface area (Å²) in [6.45, 7) is 0. The molecule has 0 aromatic heterocycles. The van der Waals surface area contributed by atoms with Gasteiger partial charge in [0.15, 0.2) is 0 Å². The van der Waals surface area contributed by atoms with E-state index in [-0.39, 0.29) is 0 Å². The second-order valence-corrected chi connectivity index (χ2v) is 28.1. The van der Waals surface area contributed by atoms with Crippen molar-refractivity contribution in [3.63, 3.8) is 0 Å². The molecule has 0 amide bonds. The van der Waals surface area contributed by atoms with Gasteiger partial charge in [-0.05, 0) is 229 Å². The van der Waals surface area contributed by atoms with Crippen LogP contribution in [-0.2, 0) is 0 Å². The first-order chi connectivity index (χ1) is 32.3. The molecule has 10 atom stereocenters. The molecule has 0 N–H and O–H groups in total. The number of hydrogen-bond donors (Lipinski definition) is 0. The molecule has 0 spiro atoms. The first-order valence-electron chi connectivity index (χ1n) is 32.1. The average Bonchev–Trinajstić information content (AvgIpc) is 3.39. The molecule has 368 valence electrons. The van der Waals surface area contributed by atoms with Gasteiger partial charge in [-0.2, -0.15) is 0 Å². The summed E-state index contributed by atoms with van der Waals surface area (Å²) >= 11 is 0. The Morgan fingerprint density at radius 1 is 0.169 bits per heavy atom. The summed E-state index contributed by atoms with van der Waals surface area (Å²) in [5, 5.41) is 0. The van der Waals surface area contributed by atoms with Crippen LogP contribution in [0.3, 0.4) is 0 Å². The molecule has 12 aliphatic carbocycles. The van der Waals surface area contributed by atoms with Crippen molar-refractivity contribution in [2.75, 3.05) is 0 Å². The number of hydrogen-bond acceptors (Lipinski definition) is 1. The third kappa shape index (κ3) is 9.36. The lowest BCUT2D eigenvalue weighted by molar-refractivity contribution is -0.176. The van der Waals surface area contributed by atoms with E-state index >= 15 is 0 Å². The van der Waals surface area contributed by atoms with Gasteiger partial charge in [0.25, 0.3) is 0 Å². The number of nitrogens with zero attached hydrogens (tertiary/aromatic N) is 1. The molecular weight excluding hydrogens is 783 g/mol. The van der Waals surface area contributed by atoms with Crippen LogP contribution in [-0.4, -0.2) is 23.0 Å². The second-order valence-electron chi connectivity index (χ2n) is 28.1. The van der Waals surface area contributed by atoms with E-state index < -0.39 is 0 Å². The van der Waals surface area contributed by atoms with E-state index in [4.69, 9.17) is 0 Å². The summed E-state index contributed by atoms with van der Waals surface area (Å²) in [5.41, 5.74) is 0. The Morgan fingerprint density at radius 3 is 0.785 bits per heavy atom. The molecule has 12 saturated carbocycles. The lowest BCUT2D eigenvalue weighted by atomic mass is 9.39.